The van der Waals surface area contributed by atoms with E-state index in [-0.39, 0.29) is 32.5 Å². The molecule has 0 radical (unpaired) electrons. The van der Waals surface area contributed by atoms with Gasteiger partial charge in [0, 0.05) is 13.1 Å². The highest BCUT2D eigenvalue weighted by atomic mass is 35.5. The Morgan fingerprint density at radius 3 is 2.47 bits per heavy atom. The molecular weight excluding hydrogens is 543 g/mol. The zero-order valence-corrected chi connectivity index (χ0v) is 21.9. The fraction of sp³-hybridized carbons (Fsp3) is 0.269. The van der Waals surface area contributed by atoms with Gasteiger partial charge in [0.05, 0.1) is 15.6 Å². The molecule has 0 saturated carbocycles. The number of nitrogens with one attached hydrogen (secondary N) is 1. The number of ether oxygens (including phenoxy) is 2. The molecule has 0 unspecified atom stereocenters. The standard InChI is InChI=1S/C26H23ClF3N3O4S/c1-16-13-17(36-22-7-3-5-20(27)19(22)14-31)9-10-24(16)38(34,35)32-21-6-4-8-23(25(21)26(28,29)30)37-18-11-12-33(2)15-18/h3-10,13,18,32H,11-12,15H2,1-2H3/t18-/m1/s1. The minimum atomic E-state index is -4.87. The molecule has 200 valence electrons. The fourth-order valence-electron chi connectivity index (χ4n) is 4.19. The molecule has 0 amide bonds. The van der Waals surface area contributed by atoms with Crippen LogP contribution in [0.1, 0.15) is 23.1 Å². The smallest absolute Gasteiger partial charge is 0.421 e. The number of alkyl halides is 3. The summed E-state index contributed by atoms with van der Waals surface area (Å²) >= 11 is 6.02. The maximum absolute atomic E-state index is 14.1. The van der Waals surface area contributed by atoms with Crippen LogP contribution in [0.4, 0.5) is 18.9 Å². The molecule has 0 bridgehead atoms. The van der Waals surface area contributed by atoms with Crippen LogP contribution in [0.25, 0.3) is 0 Å². The van der Waals surface area contributed by atoms with Gasteiger partial charge in [-0.1, -0.05) is 23.7 Å². The number of aryl methyl sites for hydroxylation is 1. The summed E-state index contributed by atoms with van der Waals surface area (Å²) in [6.45, 7) is 2.63. The van der Waals surface area contributed by atoms with Gasteiger partial charge in [-0.3, -0.25) is 4.72 Å². The number of hydrogen-bond donors (Lipinski definition) is 1. The Balaban J connectivity index is 1.63. The Hall–Kier alpha value is -3.46. The lowest BCUT2D eigenvalue weighted by atomic mass is 10.1. The largest absolute Gasteiger partial charge is 0.488 e. The zero-order chi connectivity index (χ0) is 27.7. The van der Waals surface area contributed by atoms with Gasteiger partial charge in [-0.2, -0.15) is 18.4 Å². The van der Waals surface area contributed by atoms with Crippen LogP contribution in [0.5, 0.6) is 17.2 Å². The molecule has 1 fully saturated rings. The maximum Gasteiger partial charge on any atom is 0.421 e. The summed E-state index contributed by atoms with van der Waals surface area (Å²) in [4.78, 5) is 1.70. The zero-order valence-electron chi connectivity index (χ0n) is 20.3. The molecule has 1 heterocycles. The van der Waals surface area contributed by atoms with Crippen molar-refractivity contribution in [3.63, 3.8) is 0 Å². The number of nitriles is 1. The average Bonchev–Trinajstić information content (AvgIpc) is 3.22. The van der Waals surface area contributed by atoms with Crippen molar-refractivity contribution in [1.82, 2.24) is 4.90 Å². The Labute approximate surface area is 223 Å². The maximum atomic E-state index is 14.1. The van der Waals surface area contributed by atoms with E-state index in [0.29, 0.717) is 19.5 Å². The SMILES string of the molecule is Cc1cc(Oc2cccc(Cl)c2C#N)ccc1S(=O)(=O)Nc1cccc(O[C@@H]2CCN(C)C2)c1C(F)(F)F. The van der Waals surface area contributed by atoms with E-state index in [1.807, 2.05) is 18.0 Å². The van der Waals surface area contributed by atoms with Gasteiger partial charge in [-0.15, -0.1) is 0 Å². The fourth-order valence-corrected chi connectivity index (χ4v) is 5.70. The summed E-state index contributed by atoms with van der Waals surface area (Å²) in [7, 11) is -2.59. The molecule has 3 aromatic rings. The molecule has 1 atom stereocenters. The van der Waals surface area contributed by atoms with E-state index < -0.39 is 39.3 Å². The Kier molecular flexibility index (Phi) is 7.78. The van der Waals surface area contributed by atoms with Gasteiger partial charge in [0.2, 0.25) is 0 Å². The third-order valence-corrected chi connectivity index (χ3v) is 7.79. The normalized spacial score (nSPS) is 16.2. The second-order valence-electron chi connectivity index (χ2n) is 8.83. The monoisotopic (exact) mass is 565 g/mol. The molecule has 38 heavy (non-hydrogen) atoms. The van der Waals surface area contributed by atoms with Gasteiger partial charge >= 0.3 is 6.18 Å². The summed E-state index contributed by atoms with van der Waals surface area (Å²) in [6, 6.07) is 14.1. The van der Waals surface area contributed by atoms with Crippen molar-refractivity contribution in [2.24, 2.45) is 0 Å². The number of sulfonamides is 1. The first-order valence-corrected chi connectivity index (χ1v) is 13.3. The highest BCUT2D eigenvalue weighted by molar-refractivity contribution is 7.92. The lowest BCUT2D eigenvalue weighted by Crippen LogP contribution is -2.24. The van der Waals surface area contributed by atoms with Crippen LogP contribution >= 0.6 is 11.6 Å². The Morgan fingerprint density at radius 1 is 1.13 bits per heavy atom. The Morgan fingerprint density at radius 2 is 1.84 bits per heavy atom. The number of anilines is 1. The summed E-state index contributed by atoms with van der Waals surface area (Å²) < 4.78 is 82.1. The molecule has 12 heteroatoms. The highest BCUT2D eigenvalue weighted by Gasteiger charge is 2.39. The van der Waals surface area contributed by atoms with E-state index >= 15 is 0 Å². The molecule has 7 nitrogen and oxygen atoms in total. The summed E-state index contributed by atoms with van der Waals surface area (Å²) in [5.74, 6) is -0.0466. The van der Waals surface area contributed by atoms with Crippen molar-refractivity contribution in [2.75, 3.05) is 24.9 Å². The lowest BCUT2D eigenvalue weighted by molar-refractivity contribution is -0.138. The van der Waals surface area contributed by atoms with Gasteiger partial charge in [-0.05, 0) is 68.4 Å². The van der Waals surface area contributed by atoms with Crippen LogP contribution in [0, 0.1) is 18.3 Å². The number of halogens is 4. The van der Waals surface area contributed by atoms with Crippen LogP contribution in [-0.2, 0) is 16.2 Å². The predicted octanol–water partition coefficient (Wildman–Crippen LogP) is 6.21. The van der Waals surface area contributed by atoms with E-state index in [2.05, 4.69) is 4.72 Å². The van der Waals surface area contributed by atoms with E-state index in [1.165, 1.54) is 49.4 Å². The molecule has 0 spiro atoms. The lowest BCUT2D eigenvalue weighted by Gasteiger charge is -2.21. The van der Waals surface area contributed by atoms with Crippen molar-refractivity contribution in [3.8, 4) is 23.3 Å². The first-order valence-electron chi connectivity index (χ1n) is 11.4. The number of benzene rings is 3. The molecule has 4 rings (SSSR count). The van der Waals surface area contributed by atoms with Crippen molar-refractivity contribution in [3.05, 3.63) is 76.3 Å². The topological polar surface area (TPSA) is 91.7 Å². The van der Waals surface area contributed by atoms with E-state index in [0.717, 1.165) is 6.07 Å². The van der Waals surface area contributed by atoms with E-state index in [4.69, 9.17) is 21.1 Å². The van der Waals surface area contributed by atoms with E-state index in [9.17, 15) is 26.9 Å². The van der Waals surface area contributed by atoms with Crippen LogP contribution < -0.4 is 14.2 Å². The number of nitrogens with zero attached hydrogens (tertiary/aromatic N) is 2. The van der Waals surface area contributed by atoms with E-state index in [1.54, 1.807) is 6.07 Å². The van der Waals surface area contributed by atoms with Crippen LogP contribution in [0.3, 0.4) is 0 Å². The number of hydrogen-bond acceptors (Lipinski definition) is 6. The first kappa shape index (κ1) is 27.6. The quantitative estimate of drug-likeness (QED) is 0.366. The van der Waals surface area contributed by atoms with Gasteiger partial charge in [0.25, 0.3) is 10.0 Å². The second kappa shape index (κ2) is 10.7. The number of rotatable bonds is 7. The van der Waals surface area contributed by atoms with Crippen molar-refractivity contribution < 1.29 is 31.1 Å². The summed E-state index contributed by atoms with van der Waals surface area (Å²) in [5, 5.41) is 9.51. The predicted molar refractivity (Wildman–Crippen MR) is 136 cm³/mol. The van der Waals surface area contributed by atoms with Crippen LogP contribution in [-0.4, -0.2) is 39.6 Å². The molecular formula is C26H23ClF3N3O4S. The first-order chi connectivity index (χ1) is 17.9. The highest BCUT2D eigenvalue weighted by Crippen LogP contribution is 2.43. The second-order valence-corrected chi connectivity index (χ2v) is 10.9. The van der Waals surface area contributed by atoms with Gasteiger partial charge < -0.3 is 14.4 Å². The number of likely N-dealkylation sites (tertiary alicyclic amines) is 1. The molecule has 1 N–H and O–H groups in total. The molecule has 3 aromatic carbocycles. The summed E-state index contributed by atoms with van der Waals surface area (Å²) in [6.07, 6.45) is -4.76. The molecule has 0 aromatic heterocycles. The minimum absolute atomic E-state index is 0.108. The van der Waals surface area contributed by atoms with Crippen molar-refractivity contribution in [1.29, 1.82) is 5.26 Å². The average molecular weight is 566 g/mol. The van der Waals surface area contributed by atoms with Gasteiger partial charge in [0.15, 0.2) is 0 Å². The molecule has 0 aliphatic carbocycles. The van der Waals surface area contributed by atoms with Crippen LogP contribution in [0.15, 0.2) is 59.5 Å². The molecule has 1 aliphatic rings. The minimum Gasteiger partial charge on any atom is -0.488 e. The van der Waals surface area contributed by atoms with Crippen molar-refractivity contribution in [2.45, 2.75) is 30.5 Å². The molecule has 1 aliphatic heterocycles. The van der Waals surface area contributed by atoms with Crippen LogP contribution in [0.2, 0.25) is 5.02 Å². The third kappa shape index (κ3) is 5.99. The van der Waals surface area contributed by atoms with Crippen molar-refractivity contribution >= 4 is 27.3 Å². The Bertz CT molecular complexity index is 1510. The third-order valence-electron chi connectivity index (χ3n) is 5.95. The van der Waals surface area contributed by atoms with Gasteiger partial charge in [-0.25, -0.2) is 8.42 Å². The van der Waals surface area contributed by atoms with Gasteiger partial charge in [0.1, 0.15) is 40.5 Å². The number of likely N-dealkylation sites (N-methyl/N-ethyl adjacent to an activating group) is 1. The summed E-state index contributed by atoms with van der Waals surface area (Å²) in [5.41, 5.74) is -1.51. The molecule has 1 saturated heterocycles.